The number of nitrogens with two attached hydrogens (primary N) is 1. The van der Waals surface area contributed by atoms with Crippen molar-refractivity contribution in [3.8, 4) is 0 Å². The number of nitrogens with zero attached hydrogens (tertiary/aromatic N) is 5. The van der Waals surface area contributed by atoms with Gasteiger partial charge in [0.15, 0.2) is 0 Å². The molecule has 1 aliphatic heterocycles. The van der Waals surface area contributed by atoms with Crippen LogP contribution in [0.3, 0.4) is 0 Å². The molecule has 1 aromatic heterocycles. The van der Waals surface area contributed by atoms with Gasteiger partial charge in [-0.15, -0.1) is 0 Å². The maximum Gasteiger partial charge on any atom is 0.231 e. The predicted molar refractivity (Wildman–Crippen MR) is 81.9 cm³/mol. The minimum atomic E-state index is 0.301. The van der Waals surface area contributed by atoms with Crippen molar-refractivity contribution in [2.24, 2.45) is 0 Å². The Labute approximate surface area is 118 Å². The van der Waals surface area contributed by atoms with Gasteiger partial charge in [-0.05, 0) is 26.0 Å². The van der Waals surface area contributed by atoms with Crippen molar-refractivity contribution in [3.05, 3.63) is 0 Å². The minimum Gasteiger partial charge on any atom is -0.368 e. The summed E-state index contributed by atoms with van der Waals surface area (Å²) in [7, 11) is 2.00. The summed E-state index contributed by atoms with van der Waals surface area (Å²) in [5.74, 6) is 2.70. The molecular formula is C12H22N6S. The first-order valence-corrected chi connectivity index (χ1v) is 7.99. The molecule has 1 aliphatic rings. The molecule has 0 aliphatic carbocycles. The molecule has 2 N–H and O–H groups in total. The number of hydrogen-bond acceptors (Lipinski definition) is 7. The number of hydrogen-bond donors (Lipinski definition) is 1. The van der Waals surface area contributed by atoms with Gasteiger partial charge in [0, 0.05) is 31.9 Å². The molecule has 0 amide bonds. The number of aromatic nitrogens is 3. The zero-order valence-electron chi connectivity index (χ0n) is 11.8. The summed E-state index contributed by atoms with van der Waals surface area (Å²) < 4.78 is 0. The lowest BCUT2D eigenvalue weighted by Crippen LogP contribution is -2.33. The molecular weight excluding hydrogens is 260 g/mol. The van der Waals surface area contributed by atoms with Crippen molar-refractivity contribution >= 4 is 29.6 Å². The fourth-order valence-electron chi connectivity index (χ4n) is 2.14. The van der Waals surface area contributed by atoms with E-state index in [0.29, 0.717) is 23.9 Å². The minimum absolute atomic E-state index is 0.301. The first-order valence-electron chi connectivity index (χ1n) is 6.60. The number of thioether (sulfide) groups is 1. The van der Waals surface area contributed by atoms with Crippen LogP contribution >= 0.6 is 11.8 Å². The number of nitrogen functional groups attached to an aromatic ring is 1. The van der Waals surface area contributed by atoms with E-state index in [1.165, 1.54) is 12.8 Å². The summed E-state index contributed by atoms with van der Waals surface area (Å²) in [6, 6.07) is 0.364. The average Bonchev–Trinajstić information content (AvgIpc) is 2.91. The predicted octanol–water partition coefficient (Wildman–Crippen LogP) is 1.24. The lowest BCUT2D eigenvalue weighted by Gasteiger charge is -2.25. The van der Waals surface area contributed by atoms with Crippen LogP contribution < -0.4 is 15.5 Å². The molecule has 1 saturated heterocycles. The second-order valence-corrected chi connectivity index (χ2v) is 5.81. The van der Waals surface area contributed by atoms with E-state index in [1.807, 2.05) is 18.8 Å². The zero-order chi connectivity index (χ0) is 13.8. The highest BCUT2D eigenvalue weighted by Gasteiger charge is 2.19. The summed E-state index contributed by atoms with van der Waals surface area (Å²) in [5.41, 5.74) is 5.82. The fourth-order valence-corrected chi connectivity index (χ4v) is 2.84. The standard InChI is InChI=1S/C12H22N6S/c1-9(8-19-3)17(2)11-14-10(13)15-12(16-11)18-6-4-5-7-18/h9H,4-8H2,1-3H3,(H2,13,14,15,16). The van der Waals surface area contributed by atoms with Gasteiger partial charge in [0.2, 0.25) is 17.8 Å². The van der Waals surface area contributed by atoms with Crippen LogP contribution in [-0.4, -0.2) is 53.1 Å². The Hall–Kier alpha value is -1.24. The zero-order valence-corrected chi connectivity index (χ0v) is 12.7. The molecule has 1 atom stereocenters. The van der Waals surface area contributed by atoms with E-state index in [2.05, 4.69) is 37.9 Å². The smallest absolute Gasteiger partial charge is 0.231 e. The van der Waals surface area contributed by atoms with Crippen molar-refractivity contribution in [3.63, 3.8) is 0 Å². The molecule has 0 spiro atoms. The van der Waals surface area contributed by atoms with Gasteiger partial charge in [-0.1, -0.05) is 0 Å². The average molecular weight is 282 g/mol. The van der Waals surface area contributed by atoms with Gasteiger partial charge in [0.1, 0.15) is 0 Å². The Kier molecular flexibility index (Phi) is 4.68. The molecule has 106 valence electrons. The second kappa shape index (κ2) is 6.27. The molecule has 0 aromatic carbocycles. The second-order valence-electron chi connectivity index (χ2n) is 4.90. The van der Waals surface area contributed by atoms with E-state index in [1.54, 1.807) is 0 Å². The summed E-state index contributed by atoms with van der Waals surface area (Å²) in [6.45, 7) is 4.17. The lowest BCUT2D eigenvalue weighted by atomic mass is 10.3. The molecule has 7 heteroatoms. The van der Waals surface area contributed by atoms with Crippen molar-refractivity contribution in [2.75, 3.05) is 47.7 Å². The molecule has 2 rings (SSSR count). The first-order chi connectivity index (χ1) is 9.11. The number of anilines is 3. The third-order valence-electron chi connectivity index (χ3n) is 3.40. The van der Waals surface area contributed by atoms with Crippen molar-refractivity contribution in [2.45, 2.75) is 25.8 Å². The summed E-state index contributed by atoms with van der Waals surface area (Å²) >= 11 is 1.81. The molecule has 6 nitrogen and oxygen atoms in total. The van der Waals surface area contributed by atoms with Crippen molar-refractivity contribution < 1.29 is 0 Å². The van der Waals surface area contributed by atoms with E-state index in [0.717, 1.165) is 18.8 Å². The van der Waals surface area contributed by atoms with E-state index in [4.69, 9.17) is 5.73 Å². The van der Waals surface area contributed by atoms with Crippen LogP contribution in [0.2, 0.25) is 0 Å². The SMILES string of the molecule is CSCC(C)N(C)c1nc(N)nc(N2CCCC2)n1. The highest BCUT2D eigenvalue weighted by Crippen LogP contribution is 2.20. The van der Waals surface area contributed by atoms with E-state index in [9.17, 15) is 0 Å². The number of rotatable bonds is 5. The van der Waals surface area contributed by atoms with Crippen molar-refractivity contribution in [1.82, 2.24) is 15.0 Å². The third kappa shape index (κ3) is 3.40. The van der Waals surface area contributed by atoms with Crippen molar-refractivity contribution in [1.29, 1.82) is 0 Å². The molecule has 0 radical (unpaired) electrons. The lowest BCUT2D eigenvalue weighted by molar-refractivity contribution is 0.732. The van der Waals surface area contributed by atoms with Crippen LogP contribution in [0.5, 0.6) is 0 Å². The maximum absolute atomic E-state index is 5.82. The van der Waals surface area contributed by atoms with Gasteiger partial charge < -0.3 is 15.5 Å². The van der Waals surface area contributed by atoms with E-state index in [-0.39, 0.29) is 0 Å². The van der Waals surface area contributed by atoms with Gasteiger partial charge in [-0.25, -0.2) is 0 Å². The highest BCUT2D eigenvalue weighted by molar-refractivity contribution is 7.98. The topological polar surface area (TPSA) is 71.2 Å². The van der Waals surface area contributed by atoms with Crippen LogP contribution in [0.4, 0.5) is 17.8 Å². The van der Waals surface area contributed by atoms with Crippen LogP contribution in [0.1, 0.15) is 19.8 Å². The Morgan fingerprint density at radius 2 is 2.00 bits per heavy atom. The fraction of sp³-hybridized carbons (Fsp3) is 0.750. The summed E-state index contributed by atoms with van der Waals surface area (Å²) in [4.78, 5) is 17.3. The van der Waals surface area contributed by atoms with E-state index < -0.39 is 0 Å². The molecule has 0 saturated carbocycles. The van der Waals surface area contributed by atoms with Gasteiger partial charge in [0.05, 0.1) is 0 Å². The monoisotopic (exact) mass is 282 g/mol. The van der Waals surface area contributed by atoms with Crippen LogP contribution in [0, 0.1) is 0 Å². The summed E-state index contributed by atoms with van der Waals surface area (Å²) in [5, 5.41) is 0. The van der Waals surface area contributed by atoms with Crippen LogP contribution in [0.25, 0.3) is 0 Å². The third-order valence-corrected chi connectivity index (χ3v) is 4.22. The molecule has 19 heavy (non-hydrogen) atoms. The largest absolute Gasteiger partial charge is 0.368 e. The Morgan fingerprint density at radius 3 is 2.63 bits per heavy atom. The Morgan fingerprint density at radius 1 is 1.32 bits per heavy atom. The van der Waals surface area contributed by atoms with Gasteiger partial charge >= 0.3 is 0 Å². The van der Waals surface area contributed by atoms with Crippen LogP contribution in [0.15, 0.2) is 0 Å². The quantitative estimate of drug-likeness (QED) is 0.871. The highest BCUT2D eigenvalue weighted by atomic mass is 32.2. The Balaban J connectivity index is 2.20. The van der Waals surface area contributed by atoms with Crippen LogP contribution in [-0.2, 0) is 0 Å². The first kappa shape index (κ1) is 14.2. The molecule has 1 aromatic rings. The van der Waals surface area contributed by atoms with E-state index >= 15 is 0 Å². The molecule has 2 heterocycles. The maximum atomic E-state index is 5.82. The molecule has 0 bridgehead atoms. The van der Waals surface area contributed by atoms with Gasteiger partial charge in [0.25, 0.3) is 0 Å². The molecule has 1 unspecified atom stereocenters. The van der Waals surface area contributed by atoms with Gasteiger partial charge in [-0.2, -0.15) is 26.7 Å². The van der Waals surface area contributed by atoms with Gasteiger partial charge in [-0.3, -0.25) is 0 Å². The molecule has 1 fully saturated rings. The Bertz CT molecular complexity index is 421. The summed E-state index contributed by atoms with van der Waals surface area (Å²) in [6.07, 6.45) is 4.49. The normalized spacial score (nSPS) is 16.7.